The molecule has 0 radical (unpaired) electrons. The van der Waals surface area contributed by atoms with Gasteiger partial charge in [0.2, 0.25) is 0 Å². The van der Waals surface area contributed by atoms with Crippen LogP contribution in [0.1, 0.15) is 25.6 Å². The van der Waals surface area contributed by atoms with Gasteiger partial charge < -0.3 is 4.52 Å². The standard InChI is InChI=1S/C10H10BrN3O/c1-6(2)9-13-10(15-14-9)7-3-4-12-8(11)5-7/h3-6H,1-2H3. The molecule has 5 heteroatoms. The van der Waals surface area contributed by atoms with Crippen molar-refractivity contribution in [3.63, 3.8) is 0 Å². The van der Waals surface area contributed by atoms with Crippen molar-refractivity contribution in [1.29, 1.82) is 0 Å². The summed E-state index contributed by atoms with van der Waals surface area (Å²) in [6, 6.07) is 3.68. The minimum atomic E-state index is 0.271. The molecule has 2 heterocycles. The SMILES string of the molecule is CC(C)c1noc(-c2ccnc(Br)c2)n1. The molecule has 15 heavy (non-hydrogen) atoms. The monoisotopic (exact) mass is 267 g/mol. The van der Waals surface area contributed by atoms with E-state index >= 15 is 0 Å². The minimum Gasteiger partial charge on any atom is -0.334 e. The van der Waals surface area contributed by atoms with E-state index in [4.69, 9.17) is 4.52 Å². The number of hydrogen-bond acceptors (Lipinski definition) is 4. The molecule has 0 unspecified atom stereocenters. The van der Waals surface area contributed by atoms with Crippen LogP contribution < -0.4 is 0 Å². The zero-order valence-electron chi connectivity index (χ0n) is 8.44. The molecule has 2 aromatic rings. The van der Waals surface area contributed by atoms with Crippen LogP contribution in [0.2, 0.25) is 0 Å². The maximum Gasteiger partial charge on any atom is 0.258 e. The summed E-state index contributed by atoms with van der Waals surface area (Å²) < 4.78 is 5.91. The number of rotatable bonds is 2. The van der Waals surface area contributed by atoms with Gasteiger partial charge in [0.15, 0.2) is 5.82 Å². The molecule has 0 bridgehead atoms. The predicted molar refractivity (Wildman–Crippen MR) is 59.3 cm³/mol. The number of nitrogens with zero attached hydrogens (tertiary/aromatic N) is 3. The molecule has 0 fully saturated rings. The summed E-state index contributed by atoms with van der Waals surface area (Å²) in [7, 11) is 0. The first-order valence-electron chi connectivity index (χ1n) is 4.62. The highest BCUT2D eigenvalue weighted by Gasteiger charge is 2.11. The highest BCUT2D eigenvalue weighted by atomic mass is 79.9. The van der Waals surface area contributed by atoms with Crippen molar-refractivity contribution in [2.45, 2.75) is 19.8 Å². The Morgan fingerprint density at radius 3 is 2.80 bits per heavy atom. The highest BCUT2D eigenvalue weighted by molar-refractivity contribution is 9.10. The van der Waals surface area contributed by atoms with E-state index in [0.717, 1.165) is 16.0 Å². The minimum absolute atomic E-state index is 0.271. The van der Waals surface area contributed by atoms with Gasteiger partial charge in [0, 0.05) is 17.7 Å². The molecule has 0 N–H and O–H groups in total. The Morgan fingerprint density at radius 2 is 2.20 bits per heavy atom. The summed E-state index contributed by atoms with van der Waals surface area (Å²) in [4.78, 5) is 8.33. The number of pyridine rings is 1. The van der Waals surface area contributed by atoms with Crippen LogP contribution in [0.5, 0.6) is 0 Å². The fraction of sp³-hybridized carbons (Fsp3) is 0.300. The van der Waals surface area contributed by atoms with Gasteiger partial charge in [-0.25, -0.2) is 4.98 Å². The molecule has 0 aliphatic rings. The van der Waals surface area contributed by atoms with Crippen LogP contribution in [0, 0.1) is 0 Å². The third-order valence-electron chi connectivity index (χ3n) is 1.93. The van der Waals surface area contributed by atoms with E-state index in [9.17, 15) is 0 Å². The Hall–Kier alpha value is -1.23. The van der Waals surface area contributed by atoms with Crippen LogP contribution in [0.25, 0.3) is 11.5 Å². The maximum atomic E-state index is 5.16. The van der Waals surface area contributed by atoms with Crippen LogP contribution in [0.3, 0.4) is 0 Å². The van der Waals surface area contributed by atoms with Crippen LogP contribution in [0.4, 0.5) is 0 Å². The molecular weight excluding hydrogens is 258 g/mol. The maximum absolute atomic E-state index is 5.16. The molecule has 2 rings (SSSR count). The molecule has 0 amide bonds. The largest absolute Gasteiger partial charge is 0.334 e. The molecule has 78 valence electrons. The number of hydrogen-bond donors (Lipinski definition) is 0. The summed E-state index contributed by atoms with van der Waals surface area (Å²) in [5.41, 5.74) is 0.872. The van der Waals surface area contributed by atoms with Gasteiger partial charge in [-0.2, -0.15) is 4.98 Å². The lowest BCUT2D eigenvalue weighted by Gasteiger charge is -1.94. The quantitative estimate of drug-likeness (QED) is 0.785. The van der Waals surface area contributed by atoms with Crippen molar-refractivity contribution in [2.75, 3.05) is 0 Å². The van der Waals surface area contributed by atoms with Gasteiger partial charge >= 0.3 is 0 Å². The van der Waals surface area contributed by atoms with Gasteiger partial charge in [-0.05, 0) is 28.1 Å². The average molecular weight is 268 g/mol. The van der Waals surface area contributed by atoms with E-state index in [1.54, 1.807) is 6.20 Å². The van der Waals surface area contributed by atoms with Crippen LogP contribution in [-0.2, 0) is 0 Å². The first-order valence-corrected chi connectivity index (χ1v) is 5.41. The van der Waals surface area contributed by atoms with Crippen LogP contribution in [0.15, 0.2) is 27.5 Å². The van der Waals surface area contributed by atoms with Gasteiger partial charge in [0.05, 0.1) is 0 Å². The van der Waals surface area contributed by atoms with Gasteiger partial charge in [0.25, 0.3) is 5.89 Å². The van der Waals surface area contributed by atoms with E-state index < -0.39 is 0 Å². The molecule has 2 aromatic heterocycles. The van der Waals surface area contributed by atoms with Gasteiger partial charge in [0.1, 0.15) is 4.60 Å². The highest BCUT2D eigenvalue weighted by Crippen LogP contribution is 2.21. The van der Waals surface area contributed by atoms with Crippen molar-refractivity contribution >= 4 is 15.9 Å². The first-order chi connectivity index (χ1) is 7.16. The number of halogens is 1. The molecule has 0 saturated heterocycles. The van der Waals surface area contributed by atoms with Crippen LogP contribution >= 0.6 is 15.9 Å². The average Bonchev–Trinajstić information content (AvgIpc) is 2.66. The zero-order chi connectivity index (χ0) is 10.8. The van der Waals surface area contributed by atoms with Crippen molar-refractivity contribution < 1.29 is 4.52 Å². The Morgan fingerprint density at radius 1 is 1.40 bits per heavy atom. The molecule has 0 saturated carbocycles. The third-order valence-corrected chi connectivity index (χ3v) is 2.37. The van der Waals surface area contributed by atoms with Gasteiger partial charge in [-0.15, -0.1) is 0 Å². The number of aromatic nitrogens is 3. The van der Waals surface area contributed by atoms with Crippen molar-refractivity contribution in [2.24, 2.45) is 0 Å². The molecular formula is C10H10BrN3O. The third kappa shape index (κ3) is 2.23. The summed E-state index contributed by atoms with van der Waals surface area (Å²) in [6.07, 6.45) is 1.69. The fourth-order valence-electron chi connectivity index (χ4n) is 1.12. The first kappa shape index (κ1) is 10.3. The van der Waals surface area contributed by atoms with Crippen LogP contribution in [-0.4, -0.2) is 15.1 Å². The molecule has 0 aromatic carbocycles. The molecule has 0 aliphatic carbocycles. The topological polar surface area (TPSA) is 51.8 Å². The lowest BCUT2D eigenvalue weighted by molar-refractivity contribution is 0.419. The van der Waals surface area contributed by atoms with E-state index in [-0.39, 0.29) is 5.92 Å². The summed E-state index contributed by atoms with van der Waals surface area (Å²) >= 11 is 3.29. The van der Waals surface area contributed by atoms with E-state index in [1.165, 1.54) is 0 Å². The van der Waals surface area contributed by atoms with Crippen molar-refractivity contribution in [3.8, 4) is 11.5 Å². The van der Waals surface area contributed by atoms with Gasteiger partial charge in [-0.3, -0.25) is 0 Å². The smallest absolute Gasteiger partial charge is 0.258 e. The van der Waals surface area contributed by atoms with E-state index in [0.29, 0.717) is 5.89 Å². The molecule has 0 spiro atoms. The van der Waals surface area contributed by atoms with Crippen molar-refractivity contribution in [1.82, 2.24) is 15.1 Å². The van der Waals surface area contributed by atoms with E-state index in [2.05, 4.69) is 31.1 Å². The molecule has 4 nitrogen and oxygen atoms in total. The predicted octanol–water partition coefficient (Wildman–Crippen LogP) is 3.02. The van der Waals surface area contributed by atoms with Crippen molar-refractivity contribution in [3.05, 3.63) is 28.8 Å². The zero-order valence-corrected chi connectivity index (χ0v) is 10.0. The lowest BCUT2D eigenvalue weighted by Crippen LogP contribution is -1.89. The normalized spacial score (nSPS) is 10.9. The second-order valence-electron chi connectivity index (χ2n) is 3.48. The second kappa shape index (κ2) is 4.10. The Labute approximate surface area is 95.9 Å². The fourth-order valence-corrected chi connectivity index (χ4v) is 1.49. The van der Waals surface area contributed by atoms with E-state index in [1.807, 2.05) is 26.0 Å². The lowest BCUT2D eigenvalue weighted by atomic mass is 10.2. The Bertz CT molecular complexity index is 467. The summed E-state index contributed by atoms with van der Waals surface area (Å²) in [6.45, 7) is 4.05. The van der Waals surface area contributed by atoms with Gasteiger partial charge in [-0.1, -0.05) is 19.0 Å². The second-order valence-corrected chi connectivity index (χ2v) is 4.29. The molecule has 0 atom stereocenters. The summed E-state index contributed by atoms with van der Waals surface area (Å²) in [5.74, 6) is 1.52. The Kier molecular flexibility index (Phi) is 2.81. The Balaban J connectivity index is 2.37. The molecule has 0 aliphatic heterocycles. The summed E-state index contributed by atoms with van der Waals surface area (Å²) in [5, 5.41) is 3.90.